The van der Waals surface area contributed by atoms with Crippen molar-refractivity contribution in [3.05, 3.63) is 59.7 Å². The SMILES string of the molecule is Cc1cc(N2CCOCC2)ccc1NC(=O)NC(C)c1ccccc1. The van der Waals surface area contributed by atoms with Crippen LogP contribution in [0.4, 0.5) is 16.2 Å². The topological polar surface area (TPSA) is 53.6 Å². The summed E-state index contributed by atoms with van der Waals surface area (Å²) in [5, 5.41) is 5.92. The average molecular weight is 339 g/mol. The number of ether oxygens (including phenoxy) is 1. The second kappa shape index (κ2) is 8.03. The number of amides is 2. The van der Waals surface area contributed by atoms with Crippen molar-refractivity contribution in [2.24, 2.45) is 0 Å². The van der Waals surface area contributed by atoms with Gasteiger partial charge in [-0.05, 0) is 43.2 Å². The van der Waals surface area contributed by atoms with Crippen molar-refractivity contribution in [3.8, 4) is 0 Å². The molecule has 1 aliphatic rings. The van der Waals surface area contributed by atoms with Crippen LogP contribution in [0.15, 0.2) is 48.5 Å². The molecule has 132 valence electrons. The van der Waals surface area contributed by atoms with E-state index in [9.17, 15) is 4.79 Å². The lowest BCUT2D eigenvalue weighted by Crippen LogP contribution is -2.36. The van der Waals surface area contributed by atoms with E-state index in [1.54, 1.807) is 0 Å². The molecule has 1 aliphatic heterocycles. The van der Waals surface area contributed by atoms with Gasteiger partial charge in [0.05, 0.1) is 19.3 Å². The van der Waals surface area contributed by atoms with Crippen LogP contribution in [0, 0.1) is 6.92 Å². The molecular weight excluding hydrogens is 314 g/mol. The van der Waals surface area contributed by atoms with Crippen LogP contribution in [0.3, 0.4) is 0 Å². The molecule has 1 atom stereocenters. The molecule has 0 spiro atoms. The number of carbonyl (C=O) groups excluding carboxylic acids is 1. The summed E-state index contributed by atoms with van der Waals surface area (Å²) in [5.41, 5.74) is 4.13. The lowest BCUT2D eigenvalue weighted by Gasteiger charge is -2.29. The van der Waals surface area contributed by atoms with Crippen LogP contribution in [0.25, 0.3) is 0 Å². The Balaban J connectivity index is 1.61. The van der Waals surface area contributed by atoms with Crippen molar-refractivity contribution in [3.63, 3.8) is 0 Å². The summed E-state index contributed by atoms with van der Waals surface area (Å²) in [6.45, 7) is 7.32. The van der Waals surface area contributed by atoms with E-state index in [2.05, 4.69) is 27.7 Å². The van der Waals surface area contributed by atoms with Gasteiger partial charge >= 0.3 is 6.03 Å². The van der Waals surface area contributed by atoms with E-state index < -0.39 is 0 Å². The predicted octanol–water partition coefficient (Wildman–Crippen LogP) is 3.71. The lowest BCUT2D eigenvalue weighted by molar-refractivity contribution is 0.122. The van der Waals surface area contributed by atoms with Crippen molar-refractivity contribution in [2.75, 3.05) is 36.5 Å². The number of urea groups is 1. The molecule has 2 aromatic carbocycles. The van der Waals surface area contributed by atoms with Crippen LogP contribution in [0.5, 0.6) is 0 Å². The number of hydrogen-bond acceptors (Lipinski definition) is 3. The van der Waals surface area contributed by atoms with Crippen molar-refractivity contribution in [1.29, 1.82) is 0 Å². The summed E-state index contributed by atoms with van der Waals surface area (Å²) < 4.78 is 5.39. The van der Waals surface area contributed by atoms with Gasteiger partial charge in [-0.2, -0.15) is 0 Å². The van der Waals surface area contributed by atoms with Crippen LogP contribution >= 0.6 is 0 Å². The molecule has 3 rings (SSSR count). The Morgan fingerprint density at radius 1 is 1.12 bits per heavy atom. The first-order valence-electron chi connectivity index (χ1n) is 8.69. The monoisotopic (exact) mass is 339 g/mol. The minimum Gasteiger partial charge on any atom is -0.378 e. The second-order valence-electron chi connectivity index (χ2n) is 6.33. The van der Waals surface area contributed by atoms with Crippen LogP contribution < -0.4 is 15.5 Å². The number of nitrogens with one attached hydrogen (secondary N) is 2. The number of morpholine rings is 1. The molecule has 0 radical (unpaired) electrons. The highest BCUT2D eigenvalue weighted by molar-refractivity contribution is 5.90. The van der Waals surface area contributed by atoms with E-state index in [0.29, 0.717) is 0 Å². The minimum atomic E-state index is -0.196. The molecule has 1 saturated heterocycles. The smallest absolute Gasteiger partial charge is 0.319 e. The van der Waals surface area contributed by atoms with E-state index >= 15 is 0 Å². The van der Waals surface area contributed by atoms with Gasteiger partial charge in [-0.3, -0.25) is 0 Å². The van der Waals surface area contributed by atoms with Gasteiger partial charge in [-0.1, -0.05) is 30.3 Å². The first-order chi connectivity index (χ1) is 12.1. The second-order valence-corrected chi connectivity index (χ2v) is 6.33. The largest absolute Gasteiger partial charge is 0.378 e. The number of anilines is 2. The van der Waals surface area contributed by atoms with Gasteiger partial charge in [0.15, 0.2) is 0 Å². The minimum absolute atomic E-state index is 0.0471. The summed E-state index contributed by atoms with van der Waals surface area (Å²) in [7, 11) is 0. The third kappa shape index (κ3) is 4.51. The number of carbonyl (C=O) groups is 1. The number of rotatable bonds is 4. The molecule has 0 aromatic heterocycles. The Morgan fingerprint density at radius 3 is 2.52 bits per heavy atom. The first-order valence-corrected chi connectivity index (χ1v) is 8.69. The van der Waals surface area contributed by atoms with E-state index in [0.717, 1.165) is 43.1 Å². The normalized spacial score (nSPS) is 15.5. The fourth-order valence-electron chi connectivity index (χ4n) is 2.99. The third-order valence-electron chi connectivity index (χ3n) is 4.48. The Kier molecular flexibility index (Phi) is 5.56. The molecule has 0 aliphatic carbocycles. The number of hydrogen-bond donors (Lipinski definition) is 2. The van der Waals surface area contributed by atoms with Crippen molar-refractivity contribution < 1.29 is 9.53 Å². The molecule has 0 saturated carbocycles. The first kappa shape index (κ1) is 17.3. The van der Waals surface area contributed by atoms with Gasteiger partial charge in [0.1, 0.15) is 0 Å². The standard InChI is InChI=1S/C20H25N3O2/c1-15-14-18(23-10-12-25-13-11-23)8-9-19(15)22-20(24)21-16(2)17-6-4-3-5-7-17/h3-9,14,16H,10-13H2,1-2H3,(H2,21,22,24). The molecule has 1 fully saturated rings. The molecular formula is C20H25N3O2. The van der Waals surface area contributed by atoms with E-state index in [1.807, 2.05) is 50.2 Å². The summed E-state index contributed by atoms with van der Waals surface area (Å²) in [4.78, 5) is 14.6. The Hall–Kier alpha value is -2.53. The van der Waals surface area contributed by atoms with E-state index in [-0.39, 0.29) is 12.1 Å². The van der Waals surface area contributed by atoms with Crippen LogP contribution in [0.1, 0.15) is 24.1 Å². The van der Waals surface area contributed by atoms with Gasteiger partial charge < -0.3 is 20.3 Å². The fourth-order valence-corrected chi connectivity index (χ4v) is 2.99. The summed E-state index contributed by atoms with van der Waals surface area (Å²) >= 11 is 0. The number of nitrogens with zero attached hydrogens (tertiary/aromatic N) is 1. The van der Waals surface area contributed by atoms with E-state index in [1.165, 1.54) is 5.69 Å². The highest BCUT2D eigenvalue weighted by Gasteiger charge is 2.14. The van der Waals surface area contributed by atoms with Gasteiger partial charge in [0.25, 0.3) is 0 Å². The van der Waals surface area contributed by atoms with E-state index in [4.69, 9.17) is 4.74 Å². The third-order valence-corrected chi connectivity index (χ3v) is 4.48. The van der Waals surface area contributed by atoms with Gasteiger partial charge in [0.2, 0.25) is 0 Å². The molecule has 25 heavy (non-hydrogen) atoms. The molecule has 1 unspecified atom stereocenters. The van der Waals surface area contributed by atoms with Crippen LogP contribution in [0.2, 0.25) is 0 Å². The predicted molar refractivity (Wildman–Crippen MR) is 101 cm³/mol. The maximum atomic E-state index is 12.3. The van der Waals surface area contributed by atoms with Gasteiger partial charge in [-0.25, -0.2) is 4.79 Å². The number of benzene rings is 2. The summed E-state index contributed by atoms with van der Waals surface area (Å²) in [6.07, 6.45) is 0. The zero-order chi connectivity index (χ0) is 17.6. The molecule has 2 amide bonds. The molecule has 5 heteroatoms. The quantitative estimate of drug-likeness (QED) is 0.893. The average Bonchev–Trinajstić information content (AvgIpc) is 2.65. The van der Waals surface area contributed by atoms with Crippen LogP contribution in [-0.4, -0.2) is 32.3 Å². The Labute approximate surface area is 149 Å². The summed E-state index contributed by atoms with van der Waals surface area (Å²) in [5.74, 6) is 0. The maximum Gasteiger partial charge on any atom is 0.319 e. The Bertz CT molecular complexity index is 712. The zero-order valence-electron chi connectivity index (χ0n) is 14.8. The molecule has 0 bridgehead atoms. The molecule has 2 aromatic rings. The van der Waals surface area contributed by atoms with Gasteiger partial charge in [0, 0.05) is 24.5 Å². The fraction of sp³-hybridized carbons (Fsp3) is 0.350. The molecule has 2 N–H and O–H groups in total. The zero-order valence-corrected chi connectivity index (χ0v) is 14.8. The van der Waals surface area contributed by atoms with Gasteiger partial charge in [-0.15, -0.1) is 0 Å². The summed E-state index contributed by atoms with van der Waals surface area (Å²) in [6, 6.07) is 15.8. The molecule has 5 nitrogen and oxygen atoms in total. The Morgan fingerprint density at radius 2 is 1.84 bits per heavy atom. The van der Waals surface area contributed by atoms with Crippen molar-refractivity contribution in [2.45, 2.75) is 19.9 Å². The molecule has 1 heterocycles. The van der Waals surface area contributed by atoms with Crippen molar-refractivity contribution >= 4 is 17.4 Å². The highest BCUT2D eigenvalue weighted by atomic mass is 16.5. The highest BCUT2D eigenvalue weighted by Crippen LogP contribution is 2.23. The number of aryl methyl sites for hydroxylation is 1. The van der Waals surface area contributed by atoms with Crippen molar-refractivity contribution in [1.82, 2.24) is 5.32 Å². The maximum absolute atomic E-state index is 12.3. The lowest BCUT2D eigenvalue weighted by atomic mass is 10.1. The van der Waals surface area contributed by atoms with Crippen LogP contribution in [-0.2, 0) is 4.74 Å².